The number of hydrogen-bond acceptors (Lipinski definition) is 5. The summed E-state index contributed by atoms with van der Waals surface area (Å²) >= 11 is 0. The van der Waals surface area contributed by atoms with E-state index in [2.05, 4.69) is 9.97 Å². The number of rotatable bonds is 5. The fourth-order valence-electron chi connectivity index (χ4n) is 1.43. The van der Waals surface area contributed by atoms with Crippen LogP contribution in [0.25, 0.3) is 0 Å². The molecule has 2 N–H and O–H groups in total. The molecule has 0 amide bonds. The summed E-state index contributed by atoms with van der Waals surface area (Å²) in [5, 5.41) is 0. The van der Waals surface area contributed by atoms with Crippen LogP contribution in [0.2, 0.25) is 0 Å². The van der Waals surface area contributed by atoms with E-state index in [4.69, 9.17) is 15.2 Å². The molecule has 18 heavy (non-hydrogen) atoms. The third kappa shape index (κ3) is 3.18. The Morgan fingerprint density at radius 2 is 1.94 bits per heavy atom. The molecule has 2 rings (SSSR count). The summed E-state index contributed by atoms with van der Waals surface area (Å²) in [6, 6.07) is 9.75. The van der Waals surface area contributed by atoms with Crippen LogP contribution in [0.1, 0.15) is 11.3 Å². The van der Waals surface area contributed by atoms with Gasteiger partial charge in [0.15, 0.2) is 0 Å². The van der Waals surface area contributed by atoms with Crippen LogP contribution in [0.4, 0.5) is 0 Å². The highest BCUT2D eigenvalue weighted by atomic mass is 16.5. The molecule has 1 aromatic carbocycles. The summed E-state index contributed by atoms with van der Waals surface area (Å²) in [6.45, 7) is 0.791. The molecule has 0 saturated heterocycles. The van der Waals surface area contributed by atoms with Gasteiger partial charge in [-0.3, -0.25) is 0 Å². The van der Waals surface area contributed by atoms with Gasteiger partial charge in [0.1, 0.15) is 12.4 Å². The summed E-state index contributed by atoms with van der Waals surface area (Å²) in [5.41, 5.74) is 7.28. The van der Waals surface area contributed by atoms with Crippen molar-refractivity contribution >= 4 is 0 Å². The Morgan fingerprint density at radius 3 is 2.61 bits per heavy atom. The fourth-order valence-corrected chi connectivity index (χ4v) is 1.43. The van der Waals surface area contributed by atoms with Crippen molar-refractivity contribution in [3.63, 3.8) is 0 Å². The number of aromatic nitrogens is 2. The molecule has 1 aromatic heterocycles. The van der Waals surface area contributed by atoms with E-state index in [9.17, 15) is 0 Å². The van der Waals surface area contributed by atoms with Gasteiger partial charge >= 0.3 is 6.01 Å². The van der Waals surface area contributed by atoms with Gasteiger partial charge < -0.3 is 15.2 Å². The van der Waals surface area contributed by atoms with Crippen molar-refractivity contribution in [2.75, 3.05) is 7.11 Å². The van der Waals surface area contributed by atoms with Gasteiger partial charge in [0.05, 0.1) is 12.8 Å². The van der Waals surface area contributed by atoms with Gasteiger partial charge in [0.25, 0.3) is 0 Å². The highest BCUT2D eigenvalue weighted by Crippen LogP contribution is 2.13. The van der Waals surface area contributed by atoms with E-state index < -0.39 is 0 Å². The lowest BCUT2D eigenvalue weighted by Crippen LogP contribution is -2.04. The number of nitrogens with two attached hydrogens (primary N) is 1. The summed E-state index contributed by atoms with van der Waals surface area (Å²) in [6.07, 6.45) is 1.64. The van der Waals surface area contributed by atoms with Gasteiger partial charge in [-0.2, -0.15) is 4.98 Å². The topological polar surface area (TPSA) is 70.3 Å². The first-order chi connectivity index (χ1) is 8.81. The molecule has 0 aliphatic rings. The van der Waals surface area contributed by atoms with E-state index in [1.165, 1.54) is 0 Å². The Kier molecular flexibility index (Phi) is 4.09. The lowest BCUT2D eigenvalue weighted by Gasteiger charge is -2.06. The highest BCUT2D eigenvalue weighted by molar-refractivity contribution is 5.26. The highest BCUT2D eigenvalue weighted by Gasteiger charge is 2.00. The maximum atomic E-state index is 5.50. The molecule has 0 unspecified atom stereocenters. The van der Waals surface area contributed by atoms with Crippen molar-refractivity contribution in [1.29, 1.82) is 0 Å². The third-order valence-electron chi connectivity index (χ3n) is 2.43. The van der Waals surface area contributed by atoms with Crippen LogP contribution in [0.15, 0.2) is 36.5 Å². The average molecular weight is 245 g/mol. The van der Waals surface area contributed by atoms with Crippen LogP contribution in [0.3, 0.4) is 0 Å². The minimum Gasteiger partial charge on any atom is -0.497 e. The van der Waals surface area contributed by atoms with Crippen molar-refractivity contribution < 1.29 is 9.47 Å². The largest absolute Gasteiger partial charge is 0.497 e. The van der Waals surface area contributed by atoms with Crippen LogP contribution in [-0.4, -0.2) is 17.1 Å². The first-order valence-electron chi connectivity index (χ1n) is 5.59. The van der Waals surface area contributed by atoms with Crippen LogP contribution in [0, 0.1) is 0 Å². The first-order valence-corrected chi connectivity index (χ1v) is 5.59. The number of ether oxygens (including phenoxy) is 2. The second kappa shape index (κ2) is 5.97. The van der Waals surface area contributed by atoms with Crippen molar-refractivity contribution in [2.24, 2.45) is 5.73 Å². The summed E-state index contributed by atoms with van der Waals surface area (Å²) in [7, 11) is 1.64. The molecule has 5 nitrogen and oxygen atoms in total. The Labute approximate surface area is 106 Å². The maximum absolute atomic E-state index is 5.50. The molecular formula is C13H15N3O2. The fraction of sp³-hybridized carbons (Fsp3) is 0.231. The molecule has 0 bridgehead atoms. The molecule has 94 valence electrons. The van der Waals surface area contributed by atoms with E-state index in [-0.39, 0.29) is 0 Å². The molecule has 5 heteroatoms. The van der Waals surface area contributed by atoms with Gasteiger partial charge in [-0.05, 0) is 23.8 Å². The Bertz CT molecular complexity index is 500. The first kappa shape index (κ1) is 12.3. The van der Waals surface area contributed by atoms with E-state index in [1.807, 2.05) is 24.3 Å². The lowest BCUT2D eigenvalue weighted by molar-refractivity contribution is 0.279. The smallest absolute Gasteiger partial charge is 0.316 e. The van der Waals surface area contributed by atoms with E-state index >= 15 is 0 Å². The quantitative estimate of drug-likeness (QED) is 0.864. The number of hydrogen-bond donors (Lipinski definition) is 1. The Balaban J connectivity index is 1.97. The molecule has 0 radical (unpaired) electrons. The molecule has 1 heterocycles. The zero-order valence-corrected chi connectivity index (χ0v) is 10.2. The monoisotopic (exact) mass is 245 g/mol. The minimum atomic E-state index is 0.341. The number of nitrogens with zero attached hydrogens (tertiary/aromatic N) is 2. The second-order valence-electron chi connectivity index (χ2n) is 3.67. The molecule has 0 atom stereocenters. The van der Waals surface area contributed by atoms with Gasteiger partial charge in [-0.25, -0.2) is 4.98 Å². The standard InChI is InChI=1S/C13H15N3O2/c1-17-12-4-2-10(3-5-12)9-18-13-15-7-6-11(8-14)16-13/h2-7H,8-9,14H2,1H3. The molecule has 0 saturated carbocycles. The molecule has 0 fully saturated rings. The van der Waals surface area contributed by atoms with Gasteiger partial charge in [-0.15, -0.1) is 0 Å². The Morgan fingerprint density at radius 1 is 1.17 bits per heavy atom. The summed E-state index contributed by atoms with van der Waals surface area (Å²) in [5.74, 6) is 0.820. The van der Waals surface area contributed by atoms with Crippen LogP contribution >= 0.6 is 0 Å². The van der Waals surface area contributed by atoms with E-state index in [1.54, 1.807) is 19.4 Å². The predicted molar refractivity (Wildman–Crippen MR) is 67.2 cm³/mol. The van der Waals surface area contributed by atoms with Crippen molar-refractivity contribution in [3.05, 3.63) is 47.8 Å². The van der Waals surface area contributed by atoms with Crippen molar-refractivity contribution in [3.8, 4) is 11.8 Å². The third-order valence-corrected chi connectivity index (χ3v) is 2.43. The molecule has 0 aliphatic carbocycles. The maximum Gasteiger partial charge on any atom is 0.316 e. The zero-order valence-electron chi connectivity index (χ0n) is 10.2. The lowest BCUT2D eigenvalue weighted by atomic mass is 10.2. The van der Waals surface area contributed by atoms with E-state index in [0.717, 1.165) is 17.0 Å². The van der Waals surface area contributed by atoms with Crippen LogP contribution < -0.4 is 15.2 Å². The van der Waals surface area contributed by atoms with Crippen molar-refractivity contribution in [2.45, 2.75) is 13.2 Å². The van der Waals surface area contributed by atoms with Gasteiger partial charge in [0.2, 0.25) is 0 Å². The number of methoxy groups -OCH3 is 1. The van der Waals surface area contributed by atoms with Gasteiger partial charge in [-0.1, -0.05) is 12.1 Å². The second-order valence-corrected chi connectivity index (χ2v) is 3.67. The normalized spacial score (nSPS) is 10.1. The summed E-state index contributed by atoms with van der Waals surface area (Å²) in [4.78, 5) is 8.18. The summed E-state index contributed by atoms with van der Waals surface area (Å²) < 4.78 is 10.6. The SMILES string of the molecule is COc1ccc(COc2nccc(CN)n2)cc1. The molecule has 0 aliphatic heterocycles. The minimum absolute atomic E-state index is 0.341. The number of benzene rings is 1. The predicted octanol–water partition coefficient (Wildman–Crippen LogP) is 1.52. The van der Waals surface area contributed by atoms with Crippen LogP contribution in [0.5, 0.6) is 11.8 Å². The molecular weight excluding hydrogens is 230 g/mol. The zero-order chi connectivity index (χ0) is 12.8. The average Bonchev–Trinajstić information content (AvgIpc) is 2.46. The van der Waals surface area contributed by atoms with E-state index in [0.29, 0.717) is 19.2 Å². The van der Waals surface area contributed by atoms with Crippen molar-refractivity contribution in [1.82, 2.24) is 9.97 Å². The Hall–Kier alpha value is -2.14. The molecule has 0 spiro atoms. The van der Waals surface area contributed by atoms with Gasteiger partial charge in [0, 0.05) is 12.7 Å². The van der Waals surface area contributed by atoms with Crippen LogP contribution in [-0.2, 0) is 13.2 Å². The molecule has 2 aromatic rings.